The van der Waals surface area contributed by atoms with Crippen LogP contribution in [0.25, 0.3) is 0 Å². The zero-order chi connectivity index (χ0) is 16.7. The summed E-state index contributed by atoms with van der Waals surface area (Å²) in [6, 6.07) is 14.4. The minimum Gasteiger partial charge on any atom is -0.427 e. The zero-order valence-corrected chi connectivity index (χ0v) is 12.6. The van der Waals surface area contributed by atoms with Crippen LogP contribution in [0.4, 0.5) is 0 Å². The molecular formula is C18H15NO4. The summed E-state index contributed by atoms with van der Waals surface area (Å²) in [5, 5.41) is 8.72. The number of nitrogens with zero attached hydrogens (tertiary/aromatic N) is 1. The van der Waals surface area contributed by atoms with E-state index in [1.807, 2.05) is 13.0 Å². The van der Waals surface area contributed by atoms with Gasteiger partial charge in [0.15, 0.2) is 0 Å². The summed E-state index contributed by atoms with van der Waals surface area (Å²) in [5.74, 6) is -0.0904. The lowest BCUT2D eigenvalue weighted by Gasteiger charge is -2.06. The van der Waals surface area contributed by atoms with Gasteiger partial charge in [-0.25, -0.2) is 4.79 Å². The maximum atomic E-state index is 12.0. The predicted molar refractivity (Wildman–Crippen MR) is 83.1 cm³/mol. The van der Waals surface area contributed by atoms with Gasteiger partial charge >= 0.3 is 11.9 Å². The molecule has 2 rings (SSSR count). The van der Waals surface area contributed by atoms with Crippen molar-refractivity contribution in [1.82, 2.24) is 0 Å². The van der Waals surface area contributed by atoms with E-state index >= 15 is 0 Å². The molecule has 2 aromatic carbocycles. The number of ether oxygens (including phenoxy) is 2. The van der Waals surface area contributed by atoms with Gasteiger partial charge in [0.2, 0.25) is 0 Å². The van der Waals surface area contributed by atoms with Crippen LogP contribution < -0.4 is 9.47 Å². The SMILES string of the molecule is CCCC(=O)Oc1ccc(C(=O)Oc2ccc(C#N)cc2)cc1. The van der Waals surface area contributed by atoms with Crippen LogP contribution >= 0.6 is 0 Å². The van der Waals surface area contributed by atoms with Crippen molar-refractivity contribution in [2.24, 2.45) is 0 Å². The highest BCUT2D eigenvalue weighted by molar-refractivity contribution is 5.91. The summed E-state index contributed by atoms with van der Waals surface area (Å²) in [4.78, 5) is 23.4. The molecule has 0 aromatic heterocycles. The Kier molecular flexibility index (Phi) is 5.48. The highest BCUT2D eigenvalue weighted by atomic mass is 16.5. The van der Waals surface area contributed by atoms with E-state index in [0.717, 1.165) is 0 Å². The van der Waals surface area contributed by atoms with E-state index in [0.29, 0.717) is 35.5 Å². The van der Waals surface area contributed by atoms with E-state index in [1.165, 1.54) is 12.1 Å². The summed E-state index contributed by atoms with van der Waals surface area (Å²) in [6.45, 7) is 1.89. The maximum absolute atomic E-state index is 12.0. The second-order valence-corrected chi connectivity index (χ2v) is 4.77. The Labute approximate surface area is 134 Å². The Bertz CT molecular complexity index is 727. The van der Waals surface area contributed by atoms with Crippen molar-refractivity contribution in [2.45, 2.75) is 19.8 Å². The van der Waals surface area contributed by atoms with Crippen LogP contribution in [0.3, 0.4) is 0 Å². The predicted octanol–water partition coefficient (Wildman–Crippen LogP) is 3.48. The van der Waals surface area contributed by atoms with Crippen molar-refractivity contribution in [3.05, 3.63) is 59.7 Å². The van der Waals surface area contributed by atoms with Crippen LogP contribution in [0.15, 0.2) is 48.5 Å². The second kappa shape index (κ2) is 7.76. The van der Waals surface area contributed by atoms with E-state index in [1.54, 1.807) is 36.4 Å². The summed E-state index contributed by atoms with van der Waals surface area (Å²) >= 11 is 0. The van der Waals surface area contributed by atoms with E-state index in [-0.39, 0.29) is 5.97 Å². The number of nitriles is 1. The van der Waals surface area contributed by atoms with Crippen molar-refractivity contribution in [3.63, 3.8) is 0 Å². The molecule has 0 fully saturated rings. The number of esters is 2. The largest absolute Gasteiger partial charge is 0.427 e. The van der Waals surface area contributed by atoms with Gasteiger partial charge < -0.3 is 9.47 Å². The van der Waals surface area contributed by atoms with Crippen molar-refractivity contribution >= 4 is 11.9 Å². The highest BCUT2D eigenvalue weighted by Crippen LogP contribution is 2.17. The lowest BCUT2D eigenvalue weighted by atomic mass is 10.2. The third-order valence-corrected chi connectivity index (χ3v) is 2.97. The van der Waals surface area contributed by atoms with Crippen LogP contribution in [-0.2, 0) is 4.79 Å². The first kappa shape index (κ1) is 16.2. The average molecular weight is 309 g/mol. The highest BCUT2D eigenvalue weighted by Gasteiger charge is 2.10. The molecule has 23 heavy (non-hydrogen) atoms. The fraction of sp³-hybridized carbons (Fsp3) is 0.167. The molecule has 2 aromatic rings. The van der Waals surface area contributed by atoms with Gasteiger partial charge in [0.1, 0.15) is 11.5 Å². The number of rotatable bonds is 5. The number of carbonyl (C=O) groups is 2. The van der Waals surface area contributed by atoms with Gasteiger partial charge in [0, 0.05) is 6.42 Å². The Balaban J connectivity index is 1.99. The normalized spacial score (nSPS) is 9.74. The third kappa shape index (κ3) is 4.68. The second-order valence-electron chi connectivity index (χ2n) is 4.77. The van der Waals surface area contributed by atoms with Gasteiger partial charge in [-0.1, -0.05) is 6.92 Å². The third-order valence-electron chi connectivity index (χ3n) is 2.97. The first-order chi connectivity index (χ1) is 11.1. The fourth-order valence-electron chi connectivity index (χ4n) is 1.81. The van der Waals surface area contributed by atoms with E-state index in [2.05, 4.69) is 0 Å². The number of hydrogen-bond acceptors (Lipinski definition) is 5. The molecule has 5 nitrogen and oxygen atoms in total. The molecule has 0 atom stereocenters. The molecular weight excluding hydrogens is 294 g/mol. The minimum atomic E-state index is -0.527. The summed E-state index contributed by atoms with van der Waals surface area (Å²) < 4.78 is 10.3. The number of benzene rings is 2. The Morgan fingerprint density at radius 3 is 2.09 bits per heavy atom. The van der Waals surface area contributed by atoms with Gasteiger partial charge in [0.05, 0.1) is 17.2 Å². The Hall–Kier alpha value is -3.13. The van der Waals surface area contributed by atoms with Crippen LogP contribution in [0, 0.1) is 11.3 Å². The Morgan fingerprint density at radius 1 is 0.957 bits per heavy atom. The molecule has 0 spiro atoms. The monoisotopic (exact) mass is 309 g/mol. The minimum absolute atomic E-state index is 0.305. The van der Waals surface area contributed by atoms with Gasteiger partial charge in [-0.3, -0.25) is 4.79 Å². The first-order valence-corrected chi connectivity index (χ1v) is 7.15. The quantitative estimate of drug-likeness (QED) is 0.624. The van der Waals surface area contributed by atoms with Gasteiger partial charge in [-0.05, 0) is 55.0 Å². The molecule has 0 saturated heterocycles. The Morgan fingerprint density at radius 2 is 1.52 bits per heavy atom. The zero-order valence-electron chi connectivity index (χ0n) is 12.6. The molecule has 0 aliphatic rings. The summed E-state index contributed by atoms with van der Waals surface area (Å²) in [6.07, 6.45) is 1.07. The molecule has 0 bridgehead atoms. The molecule has 116 valence electrons. The molecule has 0 unspecified atom stereocenters. The van der Waals surface area contributed by atoms with E-state index < -0.39 is 5.97 Å². The van der Waals surface area contributed by atoms with Gasteiger partial charge in [-0.2, -0.15) is 5.26 Å². The van der Waals surface area contributed by atoms with Crippen LogP contribution in [-0.4, -0.2) is 11.9 Å². The van der Waals surface area contributed by atoms with Gasteiger partial charge in [-0.15, -0.1) is 0 Å². The van der Waals surface area contributed by atoms with E-state index in [9.17, 15) is 9.59 Å². The fourth-order valence-corrected chi connectivity index (χ4v) is 1.81. The molecule has 0 radical (unpaired) electrons. The molecule has 0 N–H and O–H groups in total. The molecule has 5 heteroatoms. The maximum Gasteiger partial charge on any atom is 0.343 e. The van der Waals surface area contributed by atoms with Crippen molar-refractivity contribution in [2.75, 3.05) is 0 Å². The molecule has 0 aliphatic carbocycles. The van der Waals surface area contributed by atoms with E-state index in [4.69, 9.17) is 14.7 Å². The lowest BCUT2D eigenvalue weighted by molar-refractivity contribution is -0.134. The van der Waals surface area contributed by atoms with Crippen LogP contribution in [0.1, 0.15) is 35.7 Å². The average Bonchev–Trinajstić information content (AvgIpc) is 2.56. The van der Waals surface area contributed by atoms with Crippen molar-refractivity contribution < 1.29 is 19.1 Å². The standard InChI is InChI=1S/C18H15NO4/c1-2-3-17(20)22-15-10-6-14(7-11-15)18(21)23-16-8-4-13(12-19)5-9-16/h4-11H,2-3H2,1H3. The molecule has 0 heterocycles. The number of carbonyl (C=O) groups excluding carboxylic acids is 2. The molecule has 0 amide bonds. The van der Waals surface area contributed by atoms with Crippen molar-refractivity contribution in [3.8, 4) is 17.6 Å². The molecule has 0 saturated carbocycles. The lowest BCUT2D eigenvalue weighted by Crippen LogP contribution is -2.09. The van der Waals surface area contributed by atoms with Crippen LogP contribution in [0.2, 0.25) is 0 Å². The smallest absolute Gasteiger partial charge is 0.343 e. The molecule has 0 aliphatic heterocycles. The topological polar surface area (TPSA) is 76.4 Å². The first-order valence-electron chi connectivity index (χ1n) is 7.15. The van der Waals surface area contributed by atoms with Gasteiger partial charge in [0.25, 0.3) is 0 Å². The summed E-state index contributed by atoms with van der Waals surface area (Å²) in [5.41, 5.74) is 0.827. The number of hydrogen-bond donors (Lipinski definition) is 0. The summed E-state index contributed by atoms with van der Waals surface area (Å²) in [7, 11) is 0. The van der Waals surface area contributed by atoms with Crippen molar-refractivity contribution in [1.29, 1.82) is 5.26 Å². The van der Waals surface area contributed by atoms with Crippen LogP contribution in [0.5, 0.6) is 11.5 Å².